The molecule has 0 heterocycles. The fourth-order valence-corrected chi connectivity index (χ4v) is 2.66. The smallest absolute Gasteiger partial charge is 0.128 e. The first-order chi connectivity index (χ1) is 8.15. The van der Waals surface area contributed by atoms with Crippen molar-refractivity contribution in [1.29, 1.82) is 0 Å². The van der Waals surface area contributed by atoms with Gasteiger partial charge >= 0.3 is 0 Å². The fraction of sp³-hybridized carbons (Fsp3) is 0.571. The molecule has 94 valence electrons. The van der Waals surface area contributed by atoms with E-state index in [0.29, 0.717) is 12.2 Å². The lowest BCUT2D eigenvalue weighted by Crippen LogP contribution is -2.39. The van der Waals surface area contributed by atoms with Crippen LogP contribution in [0, 0.1) is 5.82 Å². The first-order valence-corrected chi connectivity index (χ1v) is 6.22. The van der Waals surface area contributed by atoms with Gasteiger partial charge in [-0.1, -0.05) is 25.3 Å². The SMILES string of the molecule is COCc1ccc(F)c(C2(N)CCCCC2)c1. The van der Waals surface area contributed by atoms with Gasteiger partial charge in [0.1, 0.15) is 5.82 Å². The monoisotopic (exact) mass is 237 g/mol. The van der Waals surface area contributed by atoms with Gasteiger partial charge in [0.25, 0.3) is 0 Å². The van der Waals surface area contributed by atoms with Crippen molar-refractivity contribution in [3.8, 4) is 0 Å². The molecule has 2 N–H and O–H groups in total. The Hall–Kier alpha value is -0.930. The van der Waals surface area contributed by atoms with E-state index in [9.17, 15) is 4.39 Å². The maximum absolute atomic E-state index is 13.9. The van der Waals surface area contributed by atoms with Gasteiger partial charge in [-0.05, 0) is 30.5 Å². The Morgan fingerprint density at radius 2 is 2.00 bits per heavy atom. The minimum absolute atomic E-state index is 0.186. The zero-order chi connectivity index (χ0) is 12.3. The van der Waals surface area contributed by atoms with Crippen molar-refractivity contribution in [2.45, 2.75) is 44.2 Å². The van der Waals surface area contributed by atoms with Crippen LogP contribution < -0.4 is 5.73 Å². The van der Waals surface area contributed by atoms with Gasteiger partial charge in [0.05, 0.1) is 6.61 Å². The molecule has 0 spiro atoms. The normalized spacial score (nSPS) is 19.2. The molecule has 1 aromatic carbocycles. The molecule has 0 aromatic heterocycles. The van der Waals surface area contributed by atoms with E-state index in [4.69, 9.17) is 10.5 Å². The van der Waals surface area contributed by atoms with E-state index in [1.165, 1.54) is 12.5 Å². The number of benzene rings is 1. The Balaban J connectivity index is 2.31. The summed E-state index contributed by atoms with van der Waals surface area (Å²) in [6.45, 7) is 0.503. The van der Waals surface area contributed by atoms with Crippen molar-refractivity contribution >= 4 is 0 Å². The van der Waals surface area contributed by atoms with Crippen LogP contribution in [0.2, 0.25) is 0 Å². The van der Waals surface area contributed by atoms with E-state index in [-0.39, 0.29) is 5.82 Å². The molecule has 1 saturated carbocycles. The molecular weight excluding hydrogens is 217 g/mol. The molecule has 0 amide bonds. The van der Waals surface area contributed by atoms with Crippen LogP contribution in [0.1, 0.15) is 43.2 Å². The van der Waals surface area contributed by atoms with Crippen molar-refractivity contribution in [2.75, 3.05) is 7.11 Å². The number of rotatable bonds is 3. The molecule has 0 saturated heterocycles. The fourth-order valence-electron chi connectivity index (χ4n) is 2.66. The third kappa shape index (κ3) is 2.67. The van der Waals surface area contributed by atoms with Gasteiger partial charge in [-0.15, -0.1) is 0 Å². The Morgan fingerprint density at radius 1 is 1.29 bits per heavy atom. The lowest BCUT2D eigenvalue weighted by atomic mass is 9.77. The second-order valence-electron chi connectivity index (χ2n) is 4.96. The highest BCUT2D eigenvalue weighted by atomic mass is 19.1. The summed E-state index contributed by atoms with van der Waals surface area (Å²) in [5.74, 6) is -0.186. The zero-order valence-electron chi connectivity index (χ0n) is 10.3. The Labute approximate surface area is 102 Å². The topological polar surface area (TPSA) is 35.2 Å². The lowest BCUT2D eigenvalue weighted by Gasteiger charge is -2.34. The van der Waals surface area contributed by atoms with Gasteiger partial charge in [0.2, 0.25) is 0 Å². The number of halogens is 1. The quantitative estimate of drug-likeness (QED) is 0.876. The first-order valence-electron chi connectivity index (χ1n) is 6.22. The summed E-state index contributed by atoms with van der Waals surface area (Å²) < 4.78 is 19.0. The molecule has 0 aliphatic heterocycles. The van der Waals surface area contributed by atoms with Gasteiger partial charge < -0.3 is 10.5 Å². The summed E-state index contributed by atoms with van der Waals surface area (Å²) in [5.41, 5.74) is 7.53. The predicted molar refractivity (Wildman–Crippen MR) is 66.1 cm³/mol. The summed E-state index contributed by atoms with van der Waals surface area (Å²) in [6.07, 6.45) is 5.13. The first kappa shape index (κ1) is 12.5. The van der Waals surface area contributed by atoms with Gasteiger partial charge in [0, 0.05) is 18.2 Å². The largest absolute Gasteiger partial charge is 0.380 e. The maximum Gasteiger partial charge on any atom is 0.128 e. The molecule has 2 nitrogen and oxygen atoms in total. The Morgan fingerprint density at radius 3 is 2.65 bits per heavy atom. The predicted octanol–water partition coefficient (Wildman–Crippen LogP) is 3.09. The minimum Gasteiger partial charge on any atom is -0.380 e. The second kappa shape index (κ2) is 5.15. The number of nitrogens with two attached hydrogens (primary N) is 1. The molecule has 0 atom stereocenters. The Kier molecular flexibility index (Phi) is 3.79. The number of hydrogen-bond acceptors (Lipinski definition) is 2. The molecule has 0 radical (unpaired) electrons. The third-order valence-corrected chi connectivity index (χ3v) is 3.62. The van der Waals surface area contributed by atoms with E-state index in [1.54, 1.807) is 13.2 Å². The average Bonchev–Trinajstić information content (AvgIpc) is 2.33. The maximum atomic E-state index is 13.9. The van der Waals surface area contributed by atoms with E-state index in [1.807, 2.05) is 6.07 Å². The molecule has 1 aromatic rings. The van der Waals surface area contributed by atoms with Crippen LogP contribution >= 0.6 is 0 Å². The van der Waals surface area contributed by atoms with Crippen LogP contribution in [0.5, 0.6) is 0 Å². The molecule has 3 heteroatoms. The van der Waals surface area contributed by atoms with Crippen molar-refractivity contribution in [1.82, 2.24) is 0 Å². The van der Waals surface area contributed by atoms with Crippen molar-refractivity contribution in [3.63, 3.8) is 0 Å². The van der Waals surface area contributed by atoms with Crippen LogP contribution in [-0.4, -0.2) is 7.11 Å². The van der Waals surface area contributed by atoms with Gasteiger partial charge in [-0.25, -0.2) is 4.39 Å². The third-order valence-electron chi connectivity index (χ3n) is 3.62. The number of methoxy groups -OCH3 is 1. The Bertz CT molecular complexity index is 386. The van der Waals surface area contributed by atoms with Crippen LogP contribution in [0.4, 0.5) is 4.39 Å². The zero-order valence-corrected chi connectivity index (χ0v) is 10.3. The van der Waals surface area contributed by atoms with E-state index < -0.39 is 5.54 Å². The minimum atomic E-state index is -0.480. The van der Waals surface area contributed by atoms with Crippen LogP contribution in [0.25, 0.3) is 0 Å². The molecule has 1 fully saturated rings. The van der Waals surface area contributed by atoms with E-state index in [0.717, 1.165) is 31.2 Å². The summed E-state index contributed by atoms with van der Waals surface area (Å²) >= 11 is 0. The van der Waals surface area contributed by atoms with E-state index >= 15 is 0 Å². The molecule has 2 rings (SSSR count). The van der Waals surface area contributed by atoms with Crippen LogP contribution in [0.15, 0.2) is 18.2 Å². The summed E-state index contributed by atoms with van der Waals surface area (Å²) in [6, 6.07) is 5.13. The number of ether oxygens (including phenoxy) is 1. The van der Waals surface area contributed by atoms with Crippen LogP contribution in [0.3, 0.4) is 0 Å². The highest BCUT2D eigenvalue weighted by molar-refractivity contribution is 5.31. The van der Waals surface area contributed by atoms with Gasteiger partial charge in [-0.3, -0.25) is 0 Å². The van der Waals surface area contributed by atoms with E-state index in [2.05, 4.69) is 0 Å². The number of hydrogen-bond donors (Lipinski definition) is 1. The van der Waals surface area contributed by atoms with Crippen molar-refractivity contribution in [3.05, 3.63) is 35.1 Å². The molecule has 0 bridgehead atoms. The lowest BCUT2D eigenvalue weighted by molar-refractivity contribution is 0.184. The average molecular weight is 237 g/mol. The van der Waals surface area contributed by atoms with Crippen molar-refractivity contribution in [2.24, 2.45) is 5.73 Å². The summed E-state index contributed by atoms with van der Waals surface area (Å²) in [7, 11) is 1.64. The molecule has 17 heavy (non-hydrogen) atoms. The van der Waals surface area contributed by atoms with Crippen molar-refractivity contribution < 1.29 is 9.13 Å². The van der Waals surface area contributed by atoms with Gasteiger partial charge in [0.15, 0.2) is 0 Å². The summed E-state index contributed by atoms with van der Waals surface area (Å²) in [5, 5.41) is 0. The highest BCUT2D eigenvalue weighted by Gasteiger charge is 2.31. The molecule has 1 aliphatic rings. The van der Waals surface area contributed by atoms with Gasteiger partial charge in [-0.2, -0.15) is 0 Å². The molecule has 1 aliphatic carbocycles. The molecular formula is C14H20FNO. The second-order valence-corrected chi connectivity index (χ2v) is 4.96. The van der Waals surface area contributed by atoms with Crippen LogP contribution in [-0.2, 0) is 16.9 Å². The summed E-state index contributed by atoms with van der Waals surface area (Å²) in [4.78, 5) is 0. The standard InChI is InChI=1S/C14H20FNO/c1-17-10-11-5-6-13(15)12(9-11)14(16)7-3-2-4-8-14/h5-6,9H,2-4,7-8,10,16H2,1H3. The highest BCUT2D eigenvalue weighted by Crippen LogP contribution is 2.36. The molecule has 0 unspecified atom stereocenters.